The average molecular weight is 388 g/mol. The first-order valence-electron chi connectivity index (χ1n) is 7.46. The molecule has 0 radical (unpaired) electrons. The van der Waals surface area contributed by atoms with Crippen molar-refractivity contribution in [2.24, 2.45) is 0 Å². The molecule has 0 aromatic heterocycles. The van der Waals surface area contributed by atoms with E-state index in [2.05, 4.69) is 33.1 Å². The van der Waals surface area contributed by atoms with Crippen molar-refractivity contribution in [3.63, 3.8) is 0 Å². The van der Waals surface area contributed by atoms with Crippen LogP contribution in [0.15, 0.2) is 53.0 Å². The number of halogens is 1. The topological polar surface area (TPSA) is 47.6 Å². The minimum atomic E-state index is -0.439. The van der Waals surface area contributed by atoms with E-state index in [1.54, 1.807) is 7.11 Å². The standard InChI is InChI=1S/C19H18BrNO3/c1-23-18-13-15(10-11-17(18)20)7-5-6-12-21-19(22)24-14-16-8-3-2-4-9-16/h2-4,8-11,13H,6,12,14H2,1H3,(H,21,22). The Bertz CT molecular complexity index is 735. The average Bonchev–Trinajstić information content (AvgIpc) is 2.62. The predicted molar refractivity (Wildman–Crippen MR) is 96.8 cm³/mol. The van der Waals surface area contributed by atoms with Gasteiger partial charge in [0.25, 0.3) is 0 Å². The maximum absolute atomic E-state index is 11.6. The number of hydrogen-bond donors (Lipinski definition) is 1. The van der Waals surface area contributed by atoms with Gasteiger partial charge in [-0.2, -0.15) is 0 Å². The van der Waals surface area contributed by atoms with Crippen LogP contribution in [-0.2, 0) is 11.3 Å². The summed E-state index contributed by atoms with van der Waals surface area (Å²) in [7, 11) is 1.61. The number of carbonyl (C=O) groups excluding carboxylic acids is 1. The van der Waals surface area contributed by atoms with Gasteiger partial charge in [0, 0.05) is 18.5 Å². The van der Waals surface area contributed by atoms with Crippen LogP contribution in [0.25, 0.3) is 0 Å². The van der Waals surface area contributed by atoms with Crippen LogP contribution >= 0.6 is 15.9 Å². The quantitative estimate of drug-likeness (QED) is 0.619. The molecule has 1 amide bonds. The van der Waals surface area contributed by atoms with E-state index < -0.39 is 6.09 Å². The van der Waals surface area contributed by atoms with Gasteiger partial charge in [0.2, 0.25) is 0 Å². The molecule has 0 fully saturated rings. The van der Waals surface area contributed by atoms with Crippen LogP contribution in [0.5, 0.6) is 5.75 Å². The van der Waals surface area contributed by atoms with Crippen LogP contribution in [0.1, 0.15) is 17.5 Å². The minimum absolute atomic E-state index is 0.261. The number of benzene rings is 2. The maximum Gasteiger partial charge on any atom is 0.407 e. The number of ether oxygens (including phenoxy) is 2. The Morgan fingerprint density at radius 1 is 1.21 bits per heavy atom. The highest BCUT2D eigenvalue weighted by atomic mass is 79.9. The Hall–Kier alpha value is -2.45. The van der Waals surface area contributed by atoms with Gasteiger partial charge in [0.05, 0.1) is 11.6 Å². The molecule has 4 nitrogen and oxygen atoms in total. The molecule has 0 aliphatic rings. The Labute approximate surface area is 150 Å². The van der Waals surface area contributed by atoms with Gasteiger partial charge in [0.1, 0.15) is 12.4 Å². The summed E-state index contributed by atoms with van der Waals surface area (Å²) in [5, 5.41) is 2.67. The molecule has 0 heterocycles. The van der Waals surface area contributed by atoms with Crippen molar-refractivity contribution in [2.75, 3.05) is 13.7 Å². The first-order valence-corrected chi connectivity index (χ1v) is 8.25. The Morgan fingerprint density at radius 3 is 2.75 bits per heavy atom. The summed E-state index contributed by atoms with van der Waals surface area (Å²) in [5.41, 5.74) is 1.82. The van der Waals surface area contributed by atoms with Gasteiger partial charge in [-0.05, 0) is 39.7 Å². The molecule has 0 saturated carbocycles. The molecule has 24 heavy (non-hydrogen) atoms. The highest BCUT2D eigenvalue weighted by molar-refractivity contribution is 9.10. The van der Waals surface area contributed by atoms with Gasteiger partial charge in [-0.1, -0.05) is 42.2 Å². The Balaban J connectivity index is 1.70. The number of carbonyl (C=O) groups is 1. The van der Waals surface area contributed by atoms with E-state index in [9.17, 15) is 4.79 Å². The number of amides is 1. The summed E-state index contributed by atoms with van der Waals surface area (Å²) in [5.74, 6) is 6.79. The molecule has 0 spiro atoms. The van der Waals surface area contributed by atoms with E-state index >= 15 is 0 Å². The highest BCUT2D eigenvalue weighted by Gasteiger charge is 2.01. The predicted octanol–water partition coefficient (Wildman–Crippen LogP) is 4.13. The fraction of sp³-hybridized carbons (Fsp3) is 0.211. The van der Waals surface area contributed by atoms with Crippen LogP contribution in [0.2, 0.25) is 0 Å². The van der Waals surface area contributed by atoms with Gasteiger partial charge >= 0.3 is 6.09 Å². The summed E-state index contributed by atoms with van der Waals surface area (Å²) in [6.45, 7) is 0.700. The molecule has 2 aromatic carbocycles. The molecule has 0 unspecified atom stereocenters. The molecule has 124 valence electrons. The van der Waals surface area contributed by atoms with E-state index in [-0.39, 0.29) is 6.61 Å². The molecule has 0 saturated heterocycles. The number of alkyl carbamates (subject to hydrolysis) is 1. The SMILES string of the molecule is COc1cc(C#CCCNC(=O)OCc2ccccc2)ccc1Br. The maximum atomic E-state index is 11.6. The lowest BCUT2D eigenvalue weighted by atomic mass is 10.2. The third-order valence-electron chi connectivity index (χ3n) is 3.12. The zero-order valence-electron chi connectivity index (χ0n) is 13.3. The van der Waals surface area contributed by atoms with Gasteiger partial charge in [-0.25, -0.2) is 4.79 Å². The lowest BCUT2D eigenvalue weighted by molar-refractivity contribution is 0.140. The molecule has 2 aromatic rings. The van der Waals surface area contributed by atoms with E-state index in [0.29, 0.717) is 13.0 Å². The molecule has 0 atom stereocenters. The largest absolute Gasteiger partial charge is 0.496 e. The highest BCUT2D eigenvalue weighted by Crippen LogP contribution is 2.25. The zero-order valence-corrected chi connectivity index (χ0v) is 14.9. The van der Waals surface area contributed by atoms with Crippen LogP contribution in [0.3, 0.4) is 0 Å². The van der Waals surface area contributed by atoms with Crippen molar-refractivity contribution in [3.8, 4) is 17.6 Å². The van der Waals surface area contributed by atoms with Gasteiger partial charge in [-0.3, -0.25) is 0 Å². The van der Waals surface area contributed by atoms with Crippen LogP contribution in [0.4, 0.5) is 4.79 Å². The molecule has 0 aliphatic carbocycles. The first-order chi connectivity index (χ1) is 11.7. The summed E-state index contributed by atoms with van der Waals surface area (Å²) in [6.07, 6.45) is 0.102. The van der Waals surface area contributed by atoms with Gasteiger partial charge in [0.15, 0.2) is 0 Å². The van der Waals surface area contributed by atoms with Crippen molar-refractivity contribution < 1.29 is 14.3 Å². The number of rotatable bonds is 5. The van der Waals surface area contributed by atoms with Gasteiger partial charge in [-0.15, -0.1) is 0 Å². The molecule has 2 rings (SSSR count). The van der Waals surface area contributed by atoms with Crippen LogP contribution in [0, 0.1) is 11.8 Å². The molecule has 1 N–H and O–H groups in total. The first kappa shape index (κ1) is 17.9. The lowest BCUT2D eigenvalue weighted by Gasteiger charge is -2.05. The van der Waals surface area contributed by atoms with Crippen molar-refractivity contribution in [3.05, 3.63) is 64.1 Å². The second-order valence-corrected chi connectivity index (χ2v) is 5.74. The Morgan fingerprint density at radius 2 is 2.00 bits per heavy atom. The second-order valence-electron chi connectivity index (χ2n) is 4.89. The summed E-state index contributed by atoms with van der Waals surface area (Å²) >= 11 is 3.40. The summed E-state index contributed by atoms with van der Waals surface area (Å²) in [6, 6.07) is 15.2. The Kier molecular flexibility index (Phi) is 7.19. The lowest BCUT2D eigenvalue weighted by Crippen LogP contribution is -2.24. The third-order valence-corrected chi connectivity index (χ3v) is 3.77. The van der Waals surface area contributed by atoms with Crippen molar-refractivity contribution in [2.45, 2.75) is 13.0 Å². The zero-order chi connectivity index (χ0) is 17.2. The number of methoxy groups -OCH3 is 1. The number of hydrogen-bond acceptors (Lipinski definition) is 3. The minimum Gasteiger partial charge on any atom is -0.496 e. The van der Waals surface area contributed by atoms with E-state index in [1.807, 2.05) is 48.5 Å². The molecule has 5 heteroatoms. The van der Waals surface area contributed by atoms with Crippen molar-refractivity contribution >= 4 is 22.0 Å². The fourth-order valence-electron chi connectivity index (χ4n) is 1.90. The normalized spacial score (nSPS) is 9.58. The van der Waals surface area contributed by atoms with E-state index in [1.165, 1.54) is 0 Å². The van der Waals surface area contributed by atoms with Crippen LogP contribution < -0.4 is 10.1 Å². The number of nitrogens with one attached hydrogen (secondary N) is 1. The molecule has 0 aliphatic heterocycles. The van der Waals surface area contributed by atoms with E-state index in [4.69, 9.17) is 9.47 Å². The van der Waals surface area contributed by atoms with E-state index in [0.717, 1.165) is 21.3 Å². The fourth-order valence-corrected chi connectivity index (χ4v) is 2.31. The van der Waals surface area contributed by atoms with Crippen molar-refractivity contribution in [1.82, 2.24) is 5.32 Å². The van der Waals surface area contributed by atoms with Crippen molar-refractivity contribution in [1.29, 1.82) is 0 Å². The van der Waals surface area contributed by atoms with Crippen LogP contribution in [-0.4, -0.2) is 19.7 Å². The second kappa shape index (κ2) is 9.64. The summed E-state index contributed by atoms with van der Waals surface area (Å²) in [4.78, 5) is 11.6. The summed E-state index contributed by atoms with van der Waals surface area (Å²) < 4.78 is 11.2. The molecular weight excluding hydrogens is 370 g/mol. The van der Waals surface area contributed by atoms with Gasteiger partial charge < -0.3 is 14.8 Å². The molecule has 0 bridgehead atoms. The third kappa shape index (κ3) is 5.98. The smallest absolute Gasteiger partial charge is 0.407 e. The monoisotopic (exact) mass is 387 g/mol. The molecular formula is C19H18BrNO3.